The topological polar surface area (TPSA) is 175 Å². The molecule has 4 aliphatic rings. The van der Waals surface area contributed by atoms with E-state index in [0.29, 0.717) is 12.8 Å². The molecule has 0 bridgehead atoms. The number of esters is 1. The minimum absolute atomic E-state index is 0.115. The van der Waals surface area contributed by atoms with Gasteiger partial charge in [0.15, 0.2) is 24.0 Å². The van der Waals surface area contributed by atoms with Gasteiger partial charge in [0.1, 0.15) is 42.7 Å². The van der Waals surface area contributed by atoms with Crippen LogP contribution in [0, 0.1) is 17.8 Å². The summed E-state index contributed by atoms with van der Waals surface area (Å²) < 4.78 is 47.4. The van der Waals surface area contributed by atoms with Gasteiger partial charge in [0.2, 0.25) is 0 Å². The molecule has 4 aliphatic heterocycles. The first-order valence-corrected chi connectivity index (χ1v) is 18.2. The summed E-state index contributed by atoms with van der Waals surface area (Å²) in [4.78, 5) is 28.7. The van der Waals surface area contributed by atoms with E-state index in [9.17, 15) is 24.9 Å². The highest BCUT2D eigenvalue weighted by Crippen LogP contribution is 2.40. The van der Waals surface area contributed by atoms with Gasteiger partial charge in [-0.05, 0) is 65.3 Å². The van der Waals surface area contributed by atoms with E-state index in [0.717, 1.165) is 0 Å². The molecule has 0 radical (unpaired) electrons. The van der Waals surface area contributed by atoms with Crippen molar-refractivity contribution in [2.45, 2.75) is 146 Å². The summed E-state index contributed by atoms with van der Waals surface area (Å²) in [6.07, 6.45) is -1.95. The van der Waals surface area contributed by atoms with Crippen molar-refractivity contribution in [3.05, 3.63) is 24.3 Å². The molecular formula is C37H61NO13. The summed E-state index contributed by atoms with van der Waals surface area (Å²) in [5, 5.41) is 34.0. The lowest BCUT2D eigenvalue weighted by atomic mass is 9.84. The molecular weight excluding hydrogens is 666 g/mol. The van der Waals surface area contributed by atoms with Crippen LogP contribution in [-0.2, 0) is 47.5 Å². The molecule has 4 heterocycles. The van der Waals surface area contributed by atoms with Crippen LogP contribution in [0.5, 0.6) is 0 Å². The Kier molecular flexibility index (Phi) is 14.8. The highest BCUT2D eigenvalue weighted by molar-refractivity contribution is 5.91. The van der Waals surface area contributed by atoms with Gasteiger partial charge in [-0.1, -0.05) is 33.8 Å². The number of aliphatic hydroxyl groups is 3. The zero-order valence-electron chi connectivity index (χ0n) is 31.7. The van der Waals surface area contributed by atoms with Crippen molar-refractivity contribution in [1.82, 2.24) is 4.90 Å². The highest BCUT2D eigenvalue weighted by atomic mass is 16.7. The van der Waals surface area contributed by atoms with Crippen LogP contribution in [0.2, 0.25) is 0 Å². The molecule has 4 rings (SSSR count). The lowest BCUT2D eigenvalue weighted by Crippen LogP contribution is -2.60. The van der Waals surface area contributed by atoms with E-state index in [-0.39, 0.29) is 48.7 Å². The van der Waals surface area contributed by atoms with Crippen molar-refractivity contribution in [3.63, 3.8) is 0 Å². The lowest BCUT2D eigenvalue weighted by Gasteiger charge is -2.43. The molecule has 3 fully saturated rings. The third-order valence-electron chi connectivity index (χ3n) is 10.8. The molecule has 0 unspecified atom stereocenters. The molecule has 0 aromatic rings. The van der Waals surface area contributed by atoms with E-state index in [1.54, 1.807) is 26.0 Å². The minimum atomic E-state index is -1.86. The lowest BCUT2D eigenvalue weighted by molar-refractivity contribution is -0.313. The van der Waals surface area contributed by atoms with Crippen molar-refractivity contribution in [2.24, 2.45) is 17.8 Å². The van der Waals surface area contributed by atoms with Crippen LogP contribution in [0.25, 0.3) is 0 Å². The SMILES string of the molecule is CC[C@H]1OC(=O)/C=C\[C@H](C)[C@@H](O[C@@H]2O[C@H](C)C[C@H](N(C)C)[C@H]2O)[C@@H](C)C[C@@H](C)C(=O)/C=C\[C@@H]2O[C@H]2[C@]1(O)CO[C@@H]1O[C@H](C)[C@@H](O)[C@@H](OC)[C@H]1OC. The Morgan fingerprint density at radius 1 is 0.882 bits per heavy atom. The Morgan fingerprint density at radius 2 is 1.57 bits per heavy atom. The molecule has 0 aromatic carbocycles. The van der Waals surface area contributed by atoms with E-state index in [2.05, 4.69) is 0 Å². The fourth-order valence-corrected chi connectivity index (χ4v) is 7.69. The summed E-state index contributed by atoms with van der Waals surface area (Å²) in [5.41, 5.74) is -1.86. The largest absolute Gasteiger partial charge is 0.456 e. The first-order chi connectivity index (χ1) is 24.1. The van der Waals surface area contributed by atoms with Crippen LogP contribution in [0.3, 0.4) is 0 Å². The maximum absolute atomic E-state index is 13.4. The normalized spacial score (nSPS) is 47.0. The van der Waals surface area contributed by atoms with Gasteiger partial charge in [-0.15, -0.1) is 0 Å². The number of nitrogens with zero attached hydrogens (tertiary/aromatic N) is 1. The molecule has 3 N–H and O–H groups in total. The number of carbonyl (C=O) groups excluding carboxylic acids is 2. The zero-order valence-corrected chi connectivity index (χ0v) is 31.7. The number of cyclic esters (lactones) is 1. The summed E-state index contributed by atoms with van der Waals surface area (Å²) in [6, 6.07) is -0.171. The molecule has 292 valence electrons. The summed E-state index contributed by atoms with van der Waals surface area (Å²) in [6.45, 7) is 10.7. The predicted molar refractivity (Wildman–Crippen MR) is 184 cm³/mol. The Morgan fingerprint density at radius 3 is 2.20 bits per heavy atom. The standard InChI is InChI=1S/C37H61NO13/c1-11-27-37(43,18-46-36-33(45-10)32(44-9)29(41)23(6)48-36)34-26(49-34)14-13-25(39)20(3)16-21(4)31(19(2)12-15-28(40)50-27)51-35-30(42)24(38(7)8)17-22(5)47-35/h12-15,19-24,26-27,29-36,41-43H,11,16-18H2,1-10H3/b14-13-,15-12-/t19-,20+,21-,22+,23+,24-,26-,27+,29+,30+,31+,32+,33+,34+,35-,36+,37-/m0/s1. The molecule has 0 spiro atoms. The van der Waals surface area contributed by atoms with Crippen molar-refractivity contribution in [2.75, 3.05) is 34.9 Å². The number of carbonyl (C=O) groups is 2. The number of methoxy groups -OCH3 is 2. The molecule has 3 saturated heterocycles. The number of likely N-dealkylation sites (N-methyl/N-ethyl adjacent to an activating group) is 1. The number of ketones is 1. The molecule has 0 aromatic heterocycles. The number of epoxide rings is 1. The number of ether oxygens (including phenoxy) is 8. The van der Waals surface area contributed by atoms with E-state index < -0.39 is 79.1 Å². The first kappa shape index (κ1) is 41.9. The van der Waals surface area contributed by atoms with E-state index in [1.807, 2.05) is 46.7 Å². The minimum Gasteiger partial charge on any atom is -0.456 e. The van der Waals surface area contributed by atoms with Gasteiger partial charge in [0.25, 0.3) is 0 Å². The number of hydrogen-bond donors (Lipinski definition) is 3. The van der Waals surface area contributed by atoms with E-state index in [4.69, 9.17) is 37.9 Å². The summed E-state index contributed by atoms with van der Waals surface area (Å²) in [7, 11) is 6.70. The summed E-state index contributed by atoms with van der Waals surface area (Å²) >= 11 is 0. The highest BCUT2D eigenvalue weighted by Gasteiger charge is 2.59. The van der Waals surface area contributed by atoms with Crippen LogP contribution < -0.4 is 0 Å². The fraction of sp³-hybridized carbons (Fsp3) is 0.838. The van der Waals surface area contributed by atoms with Crippen molar-refractivity contribution in [3.8, 4) is 0 Å². The van der Waals surface area contributed by atoms with Crippen LogP contribution in [-0.4, -0.2) is 152 Å². The van der Waals surface area contributed by atoms with Crippen LogP contribution in [0.4, 0.5) is 0 Å². The number of rotatable bonds is 9. The van der Waals surface area contributed by atoms with Gasteiger partial charge in [-0.3, -0.25) is 4.79 Å². The quantitative estimate of drug-likeness (QED) is 0.232. The number of aliphatic hydroxyl groups excluding tert-OH is 2. The smallest absolute Gasteiger partial charge is 0.330 e. The number of fused-ring (bicyclic) bond motifs is 1. The van der Waals surface area contributed by atoms with Crippen LogP contribution in [0.15, 0.2) is 24.3 Å². The van der Waals surface area contributed by atoms with E-state index in [1.165, 1.54) is 26.4 Å². The summed E-state index contributed by atoms with van der Waals surface area (Å²) in [5.74, 6) is -1.71. The van der Waals surface area contributed by atoms with Gasteiger partial charge in [0.05, 0.1) is 24.9 Å². The Bertz CT molecular complexity index is 1210. The van der Waals surface area contributed by atoms with Crippen molar-refractivity contribution >= 4 is 11.8 Å². The second-order valence-electron chi connectivity index (χ2n) is 15.0. The zero-order chi connectivity index (χ0) is 37.8. The molecule has 0 saturated carbocycles. The van der Waals surface area contributed by atoms with Gasteiger partial charge < -0.3 is 58.1 Å². The second-order valence-corrected chi connectivity index (χ2v) is 15.0. The number of allylic oxidation sites excluding steroid dienone is 1. The third-order valence-corrected chi connectivity index (χ3v) is 10.8. The maximum Gasteiger partial charge on any atom is 0.330 e. The van der Waals surface area contributed by atoms with Gasteiger partial charge in [0, 0.05) is 38.2 Å². The average Bonchev–Trinajstić information content (AvgIpc) is 3.88. The van der Waals surface area contributed by atoms with Crippen molar-refractivity contribution in [1.29, 1.82) is 0 Å². The first-order valence-electron chi connectivity index (χ1n) is 18.2. The van der Waals surface area contributed by atoms with Crippen molar-refractivity contribution < 1.29 is 62.8 Å². The maximum atomic E-state index is 13.4. The van der Waals surface area contributed by atoms with Gasteiger partial charge in [-0.2, -0.15) is 0 Å². The Labute approximate surface area is 302 Å². The van der Waals surface area contributed by atoms with Crippen LogP contribution in [0.1, 0.15) is 60.8 Å². The molecule has 17 atom stereocenters. The molecule has 51 heavy (non-hydrogen) atoms. The van der Waals surface area contributed by atoms with E-state index >= 15 is 0 Å². The Hall–Kier alpha value is -1.82. The average molecular weight is 728 g/mol. The monoisotopic (exact) mass is 727 g/mol. The third kappa shape index (κ3) is 9.84. The predicted octanol–water partition coefficient (Wildman–Crippen LogP) is 1.76. The van der Waals surface area contributed by atoms with Gasteiger partial charge in [-0.25, -0.2) is 4.79 Å². The van der Waals surface area contributed by atoms with Gasteiger partial charge >= 0.3 is 5.97 Å². The molecule has 0 aliphatic carbocycles. The molecule has 14 heteroatoms. The van der Waals surface area contributed by atoms with Crippen LogP contribution >= 0.6 is 0 Å². The molecule has 14 nitrogen and oxygen atoms in total. The molecule has 0 amide bonds. The fourth-order valence-electron chi connectivity index (χ4n) is 7.69. The second kappa shape index (κ2) is 18.0. The Balaban J connectivity index is 1.59. The number of hydrogen-bond acceptors (Lipinski definition) is 14.